The van der Waals surface area contributed by atoms with Crippen molar-refractivity contribution in [2.45, 2.75) is 6.54 Å². The van der Waals surface area contributed by atoms with Crippen LogP contribution in [0.4, 0.5) is 4.39 Å². The molecule has 0 amide bonds. The second-order valence-corrected chi connectivity index (χ2v) is 7.90. The zero-order valence-electron chi connectivity index (χ0n) is 18.3. The maximum Gasteiger partial charge on any atom is 0.347 e. The molecule has 2 aromatic heterocycles. The summed E-state index contributed by atoms with van der Waals surface area (Å²) < 4.78 is 26.0. The number of carbonyl (C=O) groups excluding carboxylic acids is 1. The first-order chi connectivity index (χ1) is 16.5. The Hall–Kier alpha value is -4.45. The quantitative estimate of drug-likeness (QED) is 0.184. The number of rotatable bonds is 6. The predicted molar refractivity (Wildman–Crippen MR) is 130 cm³/mol. The average molecular weight is 453 g/mol. The minimum Gasteiger partial charge on any atom is -0.497 e. The molecule has 0 atom stereocenters. The van der Waals surface area contributed by atoms with Crippen LogP contribution in [0.2, 0.25) is 0 Å². The van der Waals surface area contributed by atoms with Crippen molar-refractivity contribution < 1.29 is 18.3 Å². The monoisotopic (exact) mass is 453 g/mol. The highest BCUT2D eigenvalue weighted by molar-refractivity contribution is 6.08. The van der Waals surface area contributed by atoms with Crippen LogP contribution in [0.15, 0.2) is 94.3 Å². The highest BCUT2D eigenvalue weighted by atomic mass is 19.1. The van der Waals surface area contributed by atoms with Crippen molar-refractivity contribution in [2.24, 2.45) is 0 Å². The van der Waals surface area contributed by atoms with Crippen molar-refractivity contribution in [2.75, 3.05) is 7.11 Å². The standard InChI is InChI=1S/C28H20FNO4/c1-33-22-11-12-25-23(15-22)20(17-30(25)16-18-6-9-21(29)10-7-18)8-13-26(31)24-14-19-4-2-3-5-27(19)34-28(24)32/h2-15,17H,16H2,1H3/b13-8+. The van der Waals surface area contributed by atoms with Gasteiger partial charge in [0, 0.05) is 34.6 Å². The van der Waals surface area contributed by atoms with E-state index in [0.717, 1.165) is 22.0 Å². The number of ketones is 1. The summed E-state index contributed by atoms with van der Waals surface area (Å²) in [6.07, 6.45) is 4.97. The van der Waals surface area contributed by atoms with Gasteiger partial charge in [0.25, 0.3) is 0 Å². The Morgan fingerprint density at radius 1 is 1.06 bits per heavy atom. The Morgan fingerprint density at radius 3 is 2.65 bits per heavy atom. The van der Waals surface area contributed by atoms with Crippen LogP contribution in [-0.2, 0) is 6.54 Å². The summed E-state index contributed by atoms with van der Waals surface area (Å²) in [5.41, 5.74) is 2.40. The van der Waals surface area contributed by atoms with E-state index in [1.54, 1.807) is 49.6 Å². The van der Waals surface area contributed by atoms with Crippen LogP contribution in [0.5, 0.6) is 5.75 Å². The third-order valence-electron chi connectivity index (χ3n) is 5.71. The SMILES string of the molecule is COc1ccc2c(c1)c(/C=C/C(=O)c1cc3ccccc3oc1=O)cn2Cc1ccc(F)cc1. The summed E-state index contributed by atoms with van der Waals surface area (Å²) in [5.74, 6) is -0.0452. The lowest BCUT2D eigenvalue weighted by Gasteiger charge is -2.06. The lowest BCUT2D eigenvalue weighted by molar-refractivity contribution is 0.104. The number of fused-ring (bicyclic) bond motifs is 2. The summed E-state index contributed by atoms with van der Waals surface area (Å²) in [6.45, 7) is 0.527. The van der Waals surface area contributed by atoms with E-state index in [2.05, 4.69) is 0 Å². The van der Waals surface area contributed by atoms with Gasteiger partial charge < -0.3 is 13.7 Å². The number of methoxy groups -OCH3 is 1. The number of allylic oxidation sites excluding steroid dienone is 1. The fraction of sp³-hybridized carbons (Fsp3) is 0.0714. The lowest BCUT2D eigenvalue weighted by atomic mass is 10.1. The molecular formula is C28H20FNO4. The van der Waals surface area contributed by atoms with Gasteiger partial charge in [0.1, 0.15) is 22.7 Å². The minimum absolute atomic E-state index is 0.0254. The van der Waals surface area contributed by atoms with Gasteiger partial charge in [-0.3, -0.25) is 4.79 Å². The van der Waals surface area contributed by atoms with Crippen LogP contribution < -0.4 is 10.4 Å². The predicted octanol–water partition coefficient (Wildman–Crippen LogP) is 5.84. The van der Waals surface area contributed by atoms with Gasteiger partial charge in [-0.2, -0.15) is 0 Å². The highest BCUT2D eigenvalue weighted by Crippen LogP contribution is 2.28. The van der Waals surface area contributed by atoms with Crippen LogP contribution in [0.3, 0.4) is 0 Å². The van der Waals surface area contributed by atoms with Crippen LogP contribution >= 0.6 is 0 Å². The third-order valence-corrected chi connectivity index (χ3v) is 5.71. The van der Waals surface area contributed by atoms with E-state index in [9.17, 15) is 14.0 Å². The van der Waals surface area contributed by atoms with Crippen molar-refractivity contribution in [1.82, 2.24) is 4.57 Å². The summed E-state index contributed by atoms with van der Waals surface area (Å²) in [5, 5.41) is 1.57. The summed E-state index contributed by atoms with van der Waals surface area (Å²) in [6, 6.07) is 20.6. The molecule has 5 aromatic rings. The van der Waals surface area contributed by atoms with Gasteiger partial charge in [-0.05, 0) is 60.2 Å². The first-order valence-electron chi connectivity index (χ1n) is 10.7. The number of ether oxygens (including phenoxy) is 1. The Balaban J connectivity index is 1.52. The molecule has 34 heavy (non-hydrogen) atoms. The van der Waals surface area contributed by atoms with E-state index in [-0.39, 0.29) is 11.4 Å². The van der Waals surface area contributed by atoms with Crippen LogP contribution in [0.25, 0.3) is 27.9 Å². The molecular weight excluding hydrogens is 433 g/mol. The van der Waals surface area contributed by atoms with Crippen molar-refractivity contribution in [3.05, 3.63) is 118 Å². The second kappa shape index (κ2) is 8.83. The molecule has 0 N–H and O–H groups in total. The fourth-order valence-corrected chi connectivity index (χ4v) is 3.97. The van der Waals surface area contributed by atoms with Gasteiger partial charge in [0.05, 0.1) is 7.11 Å². The number of benzene rings is 3. The lowest BCUT2D eigenvalue weighted by Crippen LogP contribution is -2.11. The Labute approximate surface area is 194 Å². The zero-order valence-corrected chi connectivity index (χ0v) is 18.3. The van der Waals surface area contributed by atoms with Crippen molar-refractivity contribution in [3.8, 4) is 5.75 Å². The molecule has 5 nitrogen and oxygen atoms in total. The molecule has 0 fully saturated rings. The van der Waals surface area contributed by atoms with Crippen molar-refractivity contribution >= 4 is 33.7 Å². The molecule has 0 saturated carbocycles. The van der Waals surface area contributed by atoms with Crippen molar-refractivity contribution in [3.63, 3.8) is 0 Å². The molecule has 0 saturated heterocycles. The van der Waals surface area contributed by atoms with Crippen molar-refractivity contribution in [1.29, 1.82) is 0 Å². The van der Waals surface area contributed by atoms with Gasteiger partial charge in [-0.25, -0.2) is 9.18 Å². The first kappa shape index (κ1) is 21.4. The molecule has 2 heterocycles. The molecule has 3 aromatic carbocycles. The minimum atomic E-state index is -0.672. The summed E-state index contributed by atoms with van der Waals surface area (Å²) in [4.78, 5) is 25.2. The van der Waals surface area contributed by atoms with E-state index in [1.807, 2.05) is 35.0 Å². The maximum absolute atomic E-state index is 13.3. The summed E-state index contributed by atoms with van der Waals surface area (Å²) >= 11 is 0. The van der Waals surface area contributed by atoms with E-state index in [1.165, 1.54) is 18.2 Å². The Kier molecular flexibility index (Phi) is 5.55. The highest BCUT2D eigenvalue weighted by Gasteiger charge is 2.13. The molecule has 5 rings (SSSR count). The van der Waals surface area contributed by atoms with Crippen LogP contribution in [-0.4, -0.2) is 17.5 Å². The van der Waals surface area contributed by atoms with Gasteiger partial charge >= 0.3 is 5.63 Å². The molecule has 0 bridgehead atoms. The number of para-hydroxylation sites is 1. The number of aromatic nitrogens is 1. The van der Waals surface area contributed by atoms with Gasteiger partial charge in [-0.15, -0.1) is 0 Å². The summed E-state index contributed by atoms with van der Waals surface area (Å²) in [7, 11) is 1.59. The average Bonchev–Trinajstić information content (AvgIpc) is 3.19. The smallest absolute Gasteiger partial charge is 0.347 e. The molecule has 0 radical (unpaired) electrons. The largest absolute Gasteiger partial charge is 0.497 e. The normalized spacial score (nSPS) is 11.5. The van der Waals surface area contributed by atoms with E-state index in [4.69, 9.17) is 9.15 Å². The zero-order chi connectivity index (χ0) is 23.7. The number of hydrogen-bond donors (Lipinski definition) is 0. The third kappa shape index (κ3) is 4.13. The number of carbonyl (C=O) groups is 1. The fourth-order valence-electron chi connectivity index (χ4n) is 3.97. The maximum atomic E-state index is 13.3. The Morgan fingerprint density at radius 2 is 1.85 bits per heavy atom. The molecule has 0 aliphatic carbocycles. The van der Waals surface area contributed by atoms with Gasteiger partial charge in [0.2, 0.25) is 0 Å². The van der Waals surface area contributed by atoms with Crippen LogP contribution in [0, 0.1) is 5.82 Å². The van der Waals surface area contributed by atoms with E-state index in [0.29, 0.717) is 23.3 Å². The number of halogens is 1. The molecule has 0 aliphatic rings. The molecule has 0 spiro atoms. The van der Waals surface area contributed by atoms with E-state index >= 15 is 0 Å². The molecule has 0 aliphatic heterocycles. The number of nitrogens with zero attached hydrogens (tertiary/aromatic N) is 1. The Bertz CT molecular complexity index is 1610. The van der Waals surface area contributed by atoms with Gasteiger partial charge in [-0.1, -0.05) is 30.3 Å². The molecule has 6 heteroatoms. The van der Waals surface area contributed by atoms with E-state index < -0.39 is 11.4 Å². The van der Waals surface area contributed by atoms with Crippen LogP contribution in [0.1, 0.15) is 21.5 Å². The first-order valence-corrected chi connectivity index (χ1v) is 10.7. The van der Waals surface area contributed by atoms with Gasteiger partial charge in [0.15, 0.2) is 5.78 Å². The topological polar surface area (TPSA) is 61.4 Å². The number of hydrogen-bond acceptors (Lipinski definition) is 4. The molecule has 168 valence electrons. The second-order valence-electron chi connectivity index (χ2n) is 7.90. The molecule has 0 unspecified atom stereocenters.